The molecule has 0 radical (unpaired) electrons. The molecule has 0 bridgehead atoms. The van der Waals surface area contributed by atoms with Crippen LogP contribution in [0.3, 0.4) is 0 Å². The maximum Gasteiger partial charge on any atom is 0.179 e. The van der Waals surface area contributed by atoms with Gasteiger partial charge in [-0.25, -0.2) is 0 Å². The molecule has 1 atom stereocenters. The Labute approximate surface area is 46.9 Å². The minimum absolute atomic E-state index is 0.0833. The highest BCUT2D eigenvalue weighted by Gasteiger charge is 2.07. The van der Waals surface area contributed by atoms with Crippen LogP contribution in [-0.4, -0.2) is 18.0 Å². The van der Waals surface area contributed by atoms with E-state index in [1.54, 1.807) is 0 Å². The highest BCUT2D eigenvalue weighted by atomic mass is 16.1. The van der Waals surface area contributed by atoms with Gasteiger partial charge in [-0.3, -0.25) is 9.79 Å². The van der Waals surface area contributed by atoms with Gasteiger partial charge in [0.2, 0.25) is 0 Å². The first-order valence-electron chi connectivity index (χ1n) is 2.30. The van der Waals surface area contributed by atoms with Gasteiger partial charge < -0.3 is 5.73 Å². The van der Waals surface area contributed by atoms with E-state index < -0.39 is 6.04 Å². The minimum Gasteiger partial charge on any atom is -0.317 e. The fourth-order valence-electron chi connectivity index (χ4n) is 0.443. The van der Waals surface area contributed by atoms with E-state index in [4.69, 9.17) is 5.73 Å². The SMILES string of the molecule is NC1C=NC=CC1=O. The van der Waals surface area contributed by atoms with Crippen molar-refractivity contribution in [1.29, 1.82) is 0 Å². The van der Waals surface area contributed by atoms with E-state index in [9.17, 15) is 4.79 Å². The molecule has 0 saturated heterocycles. The van der Waals surface area contributed by atoms with Crippen molar-refractivity contribution in [3.63, 3.8) is 0 Å². The zero-order chi connectivity index (χ0) is 5.98. The molecule has 3 heteroatoms. The van der Waals surface area contributed by atoms with Crippen molar-refractivity contribution in [1.82, 2.24) is 0 Å². The highest BCUT2D eigenvalue weighted by Crippen LogP contribution is 1.88. The molecule has 0 aromatic carbocycles. The van der Waals surface area contributed by atoms with Gasteiger partial charge in [-0.15, -0.1) is 0 Å². The molecule has 0 aliphatic carbocycles. The molecule has 0 amide bonds. The fourth-order valence-corrected chi connectivity index (χ4v) is 0.443. The van der Waals surface area contributed by atoms with E-state index in [0.29, 0.717) is 0 Å². The third kappa shape index (κ3) is 0.816. The van der Waals surface area contributed by atoms with Crippen LogP contribution >= 0.6 is 0 Å². The molecule has 0 fully saturated rings. The van der Waals surface area contributed by atoms with E-state index in [2.05, 4.69) is 4.99 Å². The molecule has 0 saturated carbocycles. The van der Waals surface area contributed by atoms with Gasteiger partial charge in [-0.1, -0.05) is 0 Å². The van der Waals surface area contributed by atoms with Crippen molar-refractivity contribution in [2.45, 2.75) is 6.04 Å². The summed E-state index contributed by atoms with van der Waals surface area (Å²) in [6, 6.07) is -0.514. The van der Waals surface area contributed by atoms with Gasteiger partial charge in [-0.2, -0.15) is 0 Å². The predicted octanol–water partition coefficient (Wildman–Crippen LogP) is -0.519. The van der Waals surface area contributed by atoms with Crippen LogP contribution in [0, 0.1) is 0 Å². The Morgan fingerprint density at radius 1 is 1.75 bits per heavy atom. The largest absolute Gasteiger partial charge is 0.317 e. The normalized spacial score (nSPS) is 26.6. The van der Waals surface area contributed by atoms with E-state index in [0.717, 1.165) is 0 Å². The smallest absolute Gasteiger partial charge is 0.179 e. The molecule has 1 aliphatic rings. The minimum atomic E-state index is -0.514. The maximum atomic E-state index is 10.5. The number of nitrogens with zero attached hydrogens (tertiary/aromatic N) is 1. The van der Waals surface area contributed by atoms with Crippen LogP contribution in [-0.2, 0) is 4.79 Å². The van der Waals surface area contributed by atoms with Crippen molar-refractivity contribution in [3.8, 4) is 0 Å². The fraction of sp³-hybridized carbons (Fsp3) is 0.200. The van der Waals surface area contributed by atoms with Crippen LogP contribution < -0.4 is 5.73 Å². The van der Waals surface area contributed by atoms with Gasteiger partial charge in [-0.05, 0) is 0 Å². The van der Waals surface area contributed by atoms with Crippen LogP contribution in [0.5, 0.6) is 0 Å². The monoisotopic (exact) mass is 110 g/mol. The summed E-state index contributed by atoms with van der Waals surface area (Å²) in [4.78, 5) is 14.1. The molecular weight excluding hydrogens is 104 g/mol. The number of carbonyl (C=O) groups excluding carboxylic acids is 1. The average Bonchev–Trinajstić information content (AvgIpc) is 1.77. The highest BCUT2D eigenvalue weighted by molar-refractivity contribution is 6.06. The summed E-state index contributed by atoms with van der Waals surface area (Å²) in [6.07, 6.45) is 4.22. The molecule has 1 rings (SSSR count). The topological polar surface area (TPSA) is 55.4 Å². The van der Waals surface area contributed by atoms with Gasteiger partial charge >= 0.3 is 0 Å². The van der Waals surface area contributed by atoms with Crippen LogP contribution in [0.4, 0.5) is 0 Å². The summed E-state index contributed by atoms with van der Waals surface area (Å²) in [5.41, 5.74) is 5.23. The second kappa shape index (κ2) is 1.88. The average molecular weight is 110 g/mol. The number of hydrogen-bond donors (Lipinski definition) is 1. The molecule has 1 heterocycles. The van der Waals surface area contributed by atoms with E-state index in [1.807, 2.05) is 0 Å². The lowest BCUT2D eigenvalue weighted by atomic mass is 10.2. The first kappa shape index (κ1) is 5.18. The summed E-state index contributed by atoms with van der Waals surface area (Å²) < 4.78 is 0. The lowest BCUT2D eigenvalue weighted by Gasteiger charge is -2.00. The molecule has 8 heavy (non-hydrogen) atoms. The van der Waals surface area contributed by atoms with E-state index >= 15 is 0 Å². The summed E-state index contributed by atoms with van der Waals surface area (Å²) >= 11 is 0. The van der Waals surface area contributed by atoms with E-state index in [1.165, 1.54) is 18.5 Å². The summed E-state index contributed by atoms with van der Waals surface area (Å²) in [7, 11) is 0. The third-order valence-electron chi connectivity index (χ3n) is 0.900. The molecule has 0 spiro atoms. The lowest BCUT2D eigenvalue weighted by molar-refractivity contribution is -0.114. The molecule has 1 unspecified atom stereocenters. The second-order valence-corrected chi connectivity index (χ2v) is 1.54. The number of nitrogens with two attached hydrogens (primary N) is 1. The quantitative estimate of drug-likeness (QED) is 0.456. The van der Waals surface area contributed by atoms with Gasteiger partial charge in [0.25, 0.3) is 0 Å². The number of hydrogen-bond acceptors (Lipinski definition) is 3. The zero-order valence-corrected chi connectivity index (χ0v) is 4.24. The molecule has 0 aromatic rings. The number of rotatable bonds is 0. The van der Waals surface area contributed by atoms with E-state index in [-0.39, 0.29) is 5.78 Å². The number of carbonyl (C=O) groups is 1. The van der Waals surface area contributed by atoms with Crippen LogP contribution in [0.1, 0.15) is 0 Å². The lowest BCUT2D eigenvalue weighted by Crippen LogP contribution is -2.31. The Balaban J connectivity index is 2.74. The first-order valence-corrected chi connectivity index (χ1v) is 2.30. The van der Waals surface area contributed by atoms with Gasteiger partial charge in [0.05, 0.1) is 0 Å². The van der Waals surface area contributed by atoms with Crippen LogP contribution in [0.2, 0.25) is 0 Å². The molecule has 0 aromatic heterocycles. The standard InChI is InChI=1S/C5H6N2O/c6-4-3-7-2-1-5(4)8/h1-4H,6H2. The Morgan fingerprint density at radius 2 is 2.50 bits per heavy atom. The molecular formula is C5H6N2O. The zero-order valence-electron chi connectivity index (χ0n) is 4.24. The maximum absolute atomic E-state index is 10.5. The van der Waals surface area contributed by atoms with Crippen LogP contribution in [0.25, 0.3) is 0 Å². The van der Waals surface area contributed by atoms with Gasteiger partial charge in [0.15, 0.2) is 5.78 Å². The molecule has 1 aliphatic heterocycles. The van der Waals surface area contributed by atoms with Crippen molar-refractivity contribution >= 4 is 12.0 Å². The molecule has 42 valence electrons. The Hall–Kier alpha value is -0.960. The third-order valence-corrected chi connectivity index (χ3v) is 0.900. The Kier molecular flexibility index (Phi) is 1.22. The Morgan fingerprint density at radius 3 is 2.88 bits per heavy atom. The predicted molar refractivity (Wildman–Crippen MR) is 30.6 cm³/mol. The Bertz CT molecular complexity index is 160. The summed E-state index contributed by atoms with van der Waals surface area (Å²) in [5.74, 6) is -0.0833. The van der Waals surface area contributed by atoms with Crippen molar-refractivity contribution in [3.05, 3.63) is 12.3 Å². The molecule has 3 nitrogen and oxygen atoms in total. The number of ketones is 1. The van der Waals surface area contributed by atoms with Gasteiger partial charge in [0, 0.05) is 18.5 Å². The van der Waals surface area contributed by atoms with Gasteiger partial charge in [0.1, 0.15) is 6.04 Å². The van der Waals surface area contributed by atoms with Crippen molar-refractivity contribution < 1.29 is 4.79 Å². The number of aliphatic imine (C=N–C) groups is 1. The van der Waals surface area contributed by atoms with Crippen molar-refractivity contribution in [2.75, 3.05) is 0 Å². The first-order chi connectivity index (χ1) is 3.80. The van der Waals surface area contributed by atoms with Crippen molar-refractivity contribution in [2.24, 2.45) is 10.7 Å². The van der Waals surface area contributed by atoms with Crippen LogP contribution in [0.15, 0.2) is 17.3 Å². The second-order valence-electron chi connectivity index (χ2n) is 1.54. The molecule has 2 N–H and O–H groups in total. The summed E-state index contributed by atoms with van der Waals surface area (Å²) in [6.45, 7) is 0. The summed E-state index contributed by atoms with van der Waals surface area (Å²) in [5, 5.41) is 0.